The van der Waals surface area contributed by atoms with Gasteiger partial charge in [-0.2, -0.15) is 0 Å². The third-order valence-electron chi connectivity index (χ3n) is 7.36. The molecule has 4 aromatic rings. The fraction of sp³-hybridized carbons (Fsp3) is 0.297. The van der Waals surface area contributed by atoms with Gasteiger partial charge >= 0.3 is 0 Å². The second-order valence-electron chi connectivity index (χ2n) is 12.2. The summed E-state index contributed by atoms with van der Waals surface area (Å²) in [6, 6.07) is 31.3. The number of benzene rings is 4. The van der Waals surface area contributed by atoms with E-state index in [1.165, 1.54) is 17.0 Å². The van der Waals surface area contributed by atoms with Crippen molar-refractivity contribution in [2.75, 3.05) is 17.4 Å². The first kappa shape index (κ1) is 34.2. The molecule has 4 rings (SSSR count). The number of nitrogens with one attached hydrogen (secondary N) is 1. The molecule has 0 saturated carbocycles. The van der Waals surface area contributed by atoms with E-state index in [0.717, 1.165) is 15.4 Å². The van der Waals surface area contributed by atoms with Gasteiger partial charge in [0.25, 0.3) is 10.0 Å². The number of aryl methyl sites for hydroxylation is 1. The largest absolute Gasteiger partial charge is 0.457 e. The molecule has 0 fully saturated rings. The number of para-hydroxylation sites is 1. The number of nitrogens with zero attached hydrogens (tertiary/aromatic N) is 2. The Morgan fingerprint density at radius 1 is 0.804 bits per heavy atom. The van der Waals surface area contributed by atoms with Crippen LogP contribution >= 0.6 is 0 Å². The van der Waals surface area contributed by atoms with Crippen LogP contribution in [0, 0.1) is 6.92 Å². The van der Waals surface area contributed by atoms with Crippen LogP contribution in [0.1, 0.15) is 45.2 Å². The van der Waals surface area contributed by atoms with E-state index >= 15 is 0 Å². The van der Waals surface area contributed by atoms with E-state index < -0.39 is 34.1 Å². The summed E-state index contributed by atoms with van der Waals surface area (Å²) < 4.78 is 35.3. The van der Waals surface area contributed by atoms with Gasteiger partial charge in [-0.05, 0) is 94.6 Å². The molecule has 0 aliphatic heterocycles. The fourth-order valence-corrected chi connectivity index (χ4v) is 6.43. The van der Waals surface area contributed by atoms with Crippen LogP contribution in [-0.4, -0.2) is 49.8 Å². The van der Waals surface area contributed by atoms with Gasteiger partial charge in [-0.15, -0.1) is 0 Å². The summed E-state index contributed by atoms with van der Waals surface area (Å²) in [4.78, 5) is 29.3. The highest BCUT2D eigenvalue weighted by atomic mass is 32.2. The number of carbonyl (C=O) groups excluding carboxylic acids is 2. The van der Waals surface area contributed by atoms with E-state index in [-0.39, 0.29) is 17.3 Å². The van der Waals surface area contributed by atoms with Crippen LogP contribution in [0.2, 0.25) is 0 Å². The van der Waals surface area contributed by atoms with Gasteiger partial charge in [-0.3, -0.25) is 13.9 Å². The molecule has 0 aliphatic rings. The van der Waals surface area contributed by atoms with Gasteiger partial charge in [0, 0.05) is 12.1 Å². The van der Waals surface area contributed by atoms with Crippen LogP contribution in [0.5, 0.6) is 11.5 Å². The molecule has 4 aromatic carbocycles. The Balaban J connectivity index is 1.70. The lowest BCUT2D eigenvalue weighted by molar-refractivity contribution is -0.140. The van der Waals surface area contributed by atoms with E-state index in [4.69, 9.17) is 4.74 Å². The number of sulfonamides is 1. The highest BCUT2D eigenvalue weighted by Crippen LogP contribution is 2.29. The maximum atomic E-state index is 14.3. The third-order valence-corrected chi connectivity index (χ3v) is 9.15. The minimum Gasteiger partial charge on any atom is -0.457 e. The van der Waals surface area contributed by atoms with Gasteiger partial charge in [-0.25, -0.2) is 8.42 Å². The van der Waals surface area contributed by atoms with Gasteiger partial charge in [0.05, 0.1) is 10.6 Å². The first-order chi connectivity index (χ1) is 21.9. The number of hydrogen-bond acceptors (Lipinski definition) is 5. The monoisotopic (exact) mass is 641 g/mol. The molecule has 0 bridgehead atoms. The molecule has 1 atom stereocenters. The molecule has 2 amide bonds. The number of carbonyl (C=O) groups is 2. The minimum atomic E-state index is -4.18. The molecular weight excluding hydrogens is 598 g/mol. The van der Waals surface area contributed by atoms with Crippen molar-refractivity contribution in [2.45, 2.75) is 63.9 Å². The van der Waals surface area contributed by atoms with Crippen molar-refractivity contribution < 1.29 is 22.7 Å². The van der Waals surface area contributed by atoms with Crippen molar-refractivity contribution in [1.82, 2.24) is 10.2 Å². The Bertz CT molecular complexity index is 1690. The average molecular weight is 642 g/mol. The second kappa shape index (κ2) is 15.1. The zero-order valence-corrected chi connectivity index (χ0v) is 28.0. The van der Waals surface area contributed by atoms with E-state index in [1.807, 2.05) is 95.3 Å². The molecule has 0 spiro atoms. The maximum absolute atomic E-state index is 14.3. The lowest BCUT2D eigenvalue weighted by atomic mass is 10.1. The maximum Gasteiger partial charge on any atom is 0.264 e. The summed E-state index contributed by atoms with van der Waals surface area (Å²) in [7, 11) is -4.18. The Labute approximate surface area is 273 Å². The lowest BCUT2D eigenvalue weighted by Gasteiger charge is -2.34. The van der Waals surface area contributed by atoms with Crippen LogP contribution in [0.3, 0.4) is 0 Å². The molecule has 242 valence electrons. The van der Waals surface area contributed by atoms with Gasteiger partial charge in [0.2, 0.25) is 11.8 Å². The predicted octanol–water partition coefficient (Wildman–Crippen LogP) is 6.75. The van der Waals surface area contributed by atoms with Crippen molar-refractivity contribution >= 4 is 27.5 Å². The molecule has 0 unspecified atom stereocenters. The smallest absolute Gasteiger partial charge is 0.264 e. The predicted molar refractivity (Wildman–Crippen MR) is 183 cm³/mol. The van der Waals surface area contributed by atoms with Crippen molar-refractivity contribution in [3.05, 3.63) is 120 Å². The van der Waals surface area contributed by atoms with Crippen LogP contribution in [0.25, 0.3) is 0 Å². The Kier molecular flexibility index (Phi) is 11.2. The quantitative estimate of drug-likeness (QED) is 0.174. The van der Waals surface area contributed by atoms with E-state index in [2.05, 4.69) is 5.32 Å². The Hall–Kier alpha value is -4.63. The van der Waals surface area contributed by atoms with Crippen LogP contribution in [0.15, 0.2) is 114 Å². The minimum absolute atomic E-state index is 0.0591. The highest BCUT2D eigenvalue weighted by Gasteiger charge is 2.34. The molecule has 0 radical (unpaired) electrons. The second-order valence-corrected chi connectivity index (χ2v) is 14.1. The lowest BCUT2D eigenvalue weighted by Crippen LogP contribution is -2.56. The van der Waals surface area contributed by atoms with Gasteiger partial charge in [0.1, 0.15) is 24.1 Å². The summed E-state index contributed by atoms with van der Waals surface area (Å²) in [5, 5.41) is 3.00. The van der Waals surface area contributed by atoms with Crippen molar-refractivity contribution in [1.29, 1.82) is 0 Å². The average Bonchev–Trinajstić information content (AvgIpc) is 3.02. The molecule has 0 aliphatic carbocycles. The molecule has 1 N–H and O–H groups in total. The van der Waals surface area contributed by atoms with Gasteiger partial charge in [0.15, 0.2) is 0 Å². The van der Waals surface area contributed by atoms with Crippen LogP contribution in [0.4, 0.5) is 5.69 Å². The number of ether oxygens (including phenoxy) is 1. The summed E-state index contributed by atoms with van der Waals surface area (Å²) in [5.41, 5.74) is 1.70. The summed E-state index contributed by atoms with van der Waals surface area (Å²) in [6.07, 6.45) is 0.862. The summed E-state index contributed by atoms with van der Waals surface area (Å²) in [5.74, 6) is 0.394. The molecule has 0 saturated heterocycles. The first-order valence-electron chi connectivity index (χ1n) is 15.4. The van der Waals surface area contributed by atoms with Crippen LogP contribution < -0.4 is 14.4 Å². The Morgan fingerprint density at radius 2 is 1.37 bits per heavy atom. The van der Waals surface area contributed by atoms with Crippen molar-refractivity contribution in [3.8, 4) is 11.5 Å². The number of amides is 2. The van der Waals surface area contributed by atoms with Crippen molar-refractivity contribution in [2.24, 2.45) is 0 Å². The van der Waals surface area contributed by atoms with Crippen molar-refractivity contribution in [3.63, 3.8) is 0 Å². The highest BCUT2D eigenvalue weighted by molar-refractivity contribution is 7.92. The van der Waals surface area contributed by atoms with E-state index in [0.29, 0.717) is 30.0 Å². The van der Waals surface area contributed by atoms with Crippen LogP contribution in [-0.2, 0) is 26.0 Å². The normalized spacial score (nSPS) is 12.2. The van der Waals surface area contributed by atoms with Gasteiger partial charge in [-0.1, -0.05) is 73.2 Å². The fourth-order valence-electron chi connectivity index (χ4n) is 5.02. The number of anilines is 1. The SMILES string of the molecule is CC[C@H](C(=O)NC(C)(C)C)N(CCc1ccccc1)C(=O)CN(c1ccc(Oc2ccccc2)cc1)S(=O)(=O)c1ccc(C)cc1. The number of hydrogen-bond donors (Lipinski definition) is 1. The molecule has 0 heterocycles. The Morgan fingerprint density at radius 3 is 1.93 bits per heavy atom. The topological polar surface area (TPSA) is 96.0 Å². The van der Waals surface area contributed by atoms with E-state index in [9.17, 15) is 18.0 Å². The molecular formula is C37H43N3O5S. The molecule has 0 aromatic heterocycles. The summed E-state index contributed by atoms with van der Waals surface area (Å²) >= 11 is 0. The molecule has 9 heteroatoms. The standard InChI is InChI=1S/C37H43N3O5S/c1-6-34(36(42)38-37(3,4)5)39(26-25-29-13-9-7-10-14-29)35(41)27-40(46(43,44)33-23-17-28(2)18-24-33)30-19-21-32(22-20-30)45-31-15-11-8-12-16-31/h7-24,34H,6,25-27H2,1-5H3,(H,38,42)/t34-/m1/s1. The first-order valence-corrected chi connectivity index (χ1v) is 16.9. The number of rotatable bonds is 13. The zero-order valence-electron chi connectivity index (χ0n) is 27.1. The zero-order chi connectivity index (χ0) is 33.3. The van der Waals surface area contributed by atoms with E-state index in [1.54, 1.807) is 36.4 Å². The summed E-state index contributed by atoms with van der Waals surface area (Å²) in [6.45, 7) is 9.12. The third kappa shape index (κ3) is 9.20. The molecule has 8 nitrogen and oxygen atoms in total. The van der Waals surface area contributed by atoms with Gasteiger partial charge < -0.3 is 15.0 Å². The molecule has 46 heavy (non-hydrogen) atoms.